The SMILES string of the molecule is CCC(CC)(CNC(C)C1CCOC1)SC. The van der Waals surface area contributed by atoms with E-state index in [4.69, 9.17) is 4.74 Å². The third kappa shape index (κ3) is 3.64. The number of hydrogen-bond acceptors (Lipinski definition) is 3. The smallest absolute Gasteiger partial charge is 0.0509 e. The van der Waals surface area contributed by atoms with Crippen LogP contribution in [-0.2, 0) is 4.74 Å². The second-order valence-electron chi connectivity index (χ2n) is 4.89. The Morgan fingerprint density at radius 3 is 2.56 bits per heavy atom. The summed E-state index contributed by atoms with van der Waals surface area (Å²) in [6.07, 6.45) is 5.94. The van der Waals surface area contributed by atoms with Crippen molar-refractivity contribution in [2.45, 2.75) is 50.8 Å². The molecule has 1 saturated heterocycles. The van der Waals surface area contributed by atoms with Crippen molar-refractivity contribution in [1.29, 1.82) is 0 Å². The van der Waals surface area contributed by atoms with Crippen molar-refractivity contribution in [2.75, 3.05) is 26.0 Å². The van der Waals surface area contributed by atoms with E-state index in [1.54, 1.807) is 0 Å². The first-order chi connectivity index (χ1) is 7.67. The lowest BCUT2D eigenvalue weighted by Crippen LogP contribution is -2.43. The fourth-order valence-corrected chi connectivity index (χ4v) is 3.13. The summed E-state index contributed by atoms with van der Waals surface area (Å²) in [7, 11) is 0. The van der Waals surface area contributed by atoms with E-state index < -0.39 is 0 Å². The molecule has 1 N–H and O–H groups in total. The molecule has 2 atom stereocenters. The van der Waals surface area contributed by atoms with Crippen LogP contribution in [0, 0.1) is 5.92 Å². The molecule has 16 heavy (non-hydrogen) atoms. The summed E-state index contributed by atoms with van der Waals surface area (Å²) in [5.74, 6) is 0.716. The highest BCUT2D eigenvalue weighted by Crippen LogP contribution is 2.30. The van der Waals surface area contributed by atoms with Crippen molar-refractivity contribution in [1.82, 2.24) is 5.32 Å². The molecule has 1 aliphatic rings. The van der Waals surface area contributed by atoms with Gasteiger partial charge >= 0.3 is 0 Å². The number of thioether (sulfide) groups is 1. The first-order valence-corrected chi connectivity index (χ1v) is 7.76. The number of nitrogens with one attached hydrogen (secondary N) is 1. The van der Waals surface area contributed by atoms with Gasteiger partial charge in [-0.1, -0.05) is 13.8 Å². The van der Waals surface area contributed by atoms with E-state index in [0.29, 0.717) is 16.7 Å². The second-order valence-corrected chi connectivity index (χ2v) is 6.16. The Balaban J connectivity index is 2.36. The summed E-state index contributed by atoms with van der Waals surface area (Å²) < 4.78 is 5.87. The summed E-state index contributed by atoms with van der Waals surface area (Å²) in [4.78, 5) is 0. The third-order valence-electron chi connectivity index (χ3n) is 4.14. The Hall–Kier alpha value is 0.270. The molecule has 0 aromatic carbocycles. The molecule has 1 aliphatic heterocycles. The Kier molecular flexibility index (Phi) is 6.16. The van der Waals surface area contributed by atoms with Gasteiger partial charge in [-0.2, -0.15) is 11.8 Å². The predicted molar refractivity (Wildman–Crippen MR) is 73.2 cm³/mol. The highest BCUT2D eigenvalue weighted by atomic mass is 32.2. The molecule has 0 amide bonds. The standard InChI is InChI=1S/C13H27NOS/c1-5-13(6-2,16-4)10-14-11(3)12-7-8-15-9-12/h11-12,14H,5-10H2,1-4H3. The predicted octanol–water partition coefficient (Wildman–Crippen LogP) is 2.92. The minimum atomic E-state index is 0.424. The van der Waals surface area contributed by atoms with Crippen molar-refractivity contribution >= 4 is 11.8 Å². The maximum absolute atomic E-state index is 5.44. The van der Waals surface area contributed by atoms with Crippen LogP contribution in [0.1, 0.15) is 40.0 Å². The molecular formula is C13H27NOS. The maximum Gasteiger partial charge on any atom is 0.0509 e. The summed E-state index contributed by atoms with van der Waals surface area (Å²) in [6.45, 7) is 9.91. The highest BCUT2D eigenvalue weighted by Gasteiger charge is 2.28. The molecule has 1 fully saturated rings. The van der Waals surface area contributed by atoms with E-state index in [1.807, 2.05) is 11.8 Å². The van der Waals surface area contributed by atoms with Crippen molar-refractivity contribution in [2.24, 2.45) is 5.92 Å². The zero-order valence-corrected chi connectivity index (χ0v) is 12.0. The summed E-state index contributed by atoms with van der Waals surface area (Å²) >= 11 is 2.01. The average Bonchev–Trinajstić information content (AvgIpc) is 2.85. The lowest BCUT2D eigenvalue weighted by molar-refractivity contribution is 0.178. The molecule has 0 aromatic rings. The number of rotatable bonds is 7. The molecule has 96 valence electrons. The van der Waals surface area contributed by atoms with Crippen molar-refractivity contribution in [3.8, 4) is 0 Å². The van der Waals surface area contributed by atoms with Gasteiger partial charge in [0.05, 0.1) is 6.61 Å². The monoisotopic (exact) mass is 245 g/mol. The molecule has 0 aromatic heterocycles. The Bertz CT molecular complexity index is 180. The van der Waals surface area contributed by atoms with Crippen LogP contribution in [0.4, 0.5) is 0 Å². The second kappa shape index (κ2) is 6.87. The first kappa shape index (κ1) is 14.3. The van der Waals surface area contributed by atoms with Crippen LogP contribution in [0.5, 0.6) is 0 Å². The van der Waals surface area contributed by atoms with Crippen LogP contribution in [0.2, 0.25) is 0 Å². The van der Waals surface area contributed by atoms with Crippen molar-refractivity contribution in [3.05, 3.63) is 0 Å². The van der Waals surface area contributed by atoms with Crippen LogP contribution in [0.25, 0.3) is 0 Å². The topological polar surface area (TPSA) is 21.3 Å². The normalized spacial score (nSPS) is 23.6. The van der Waals surface area contributed by atoms with E-state index >= 15 is 0 Å². The molecule has 1 heterocycles. The summed E-state index contributed by atoms with van der Waals surface area (Å²) in [5.41, 5.74) is 0. The third-order valence-corrected chi connectivity index (χ3v) is 5.73. The largest absolute Gasteiger partial charge is 0.381 e. The van der Waals surface area contributed by atoms with E-state index in [-0.39, 0.29) is 0 Å². The lowest BCUT2D eigenvalue weighted by atomic mass is 9.98. The van der Waals surface area contributed by atoms with Crippen LogP contribution < -0.4 is 5.32 Å². The minimum absolute atomic E-state index is 0.424. The lowest BCUT2D eigenvalue weighted by Gasteiger charge is -2.32. The average molecular weight is 245 g/mol. The molecule has 0 radical (unpaired) electrons. The zero-order chi connectivity index (χ0) is 12.0. The van der Waals surface area contributed by atoms with Gasteiger partial charge in [0, 0.05) is 23.9 Å². The van der Waals surface area contributed by atoms with Gasteiger partial charge in [0.2, 0.25) is 0 Å². The first-order valence-electron chi connectivity index (χ1n) is 6.53. The summed E-state index contributed by atoms with van der Waals surface area (Å²) in [6, 6.07) is 0.590. The quantitative estimate of drug-likeness (QED) is 0.745. The summed E-state index contributed by atoms with van der Waals surface area (Å²) in [5, 5.41) is 3.72. The zero-order valence-electron chi connectivity index (χ0n) is 11.2. The Morgan fingerprint density at radius 2 is 2.12 bits per heavy atom. The van der Waals surface area contributed by atoms with E-state index in [1.165, 1.54) is 19.3 Å². The van der Waals surface area contributed by atoms with Crippen LogP contribution in [-0.4, -0.2) is 36.8 Å². The van der Waals surface area contributed by atoms with Gasteiger partial charge in [-0.25, -0.2) is 0 Å². The minimum Gasteiger partial charge on any atom is -0.381 e. The molecular weight excluding hydrogens is 218 g/mol. The highest BCUT2D eigenvalue weighted by molar-refractivity contribution is 8.00. The van der Waals surface area contributed by atoms with E-state index in [9.17, 15) is 0 Å². The van der Waals surface area contributed by atoms with Crippen LogP contribution in [0.3, 0.4) is 0 Å². The van der Waals surface area contributed by atoms with Crippen molar-refractivity contribution in [3.63, 3.8) is 0 Å². The number of ether oxygens (including phenoxy) is 1. The Morgan fingerprint density at radius 1 is 1.44 bits per heavy atom. The van der Waals surface area contributed by atoms with Gasteiger partial charge in [0.1, 0.15) is 0 Å². The molecule has 0 saturated carbocycles. The van der Waals surface area contributed by atoms with Crippen LogP contribution >= 0.6 is 11.8 Å². The van der Waals surface area contributed by atoms with Gasteiger partial charge in [-0.3, -0.25) is 0 Å². The molecule has 0 spiro atoms. The molecule has 1 rings (SSSR count). The van der Waals surface area contributed by atoms with Gasteiger partial charge in [-0.15, -0.1) is 0 Å². The maximum atomic E-state index is 5.44. The van der Waals surface area contributed by atoms with Crippen LogP contribution in [0.15, 0.2) is 0 Å². The van der Waals surface area contributed by atoms with E-state index in [2.05, 4.69) is 32.3 Å². The van der Waals surface area contributed by atoms with Gasteiger partial charge in [0.25, 0.3) is 0 Å². The molecule has 3 heteroatoms. The van der Waals surface area contributed by atoms with Gasteiger partial charge in [-0.05, 0) is 38.4 Å². The fraction of sp³-hybridized carbons (Fsp3) is 1.00. The van der Waals surface area contributed by atoms with E-state index in [0.717, 1.165) is 19.8 Å². The molecule has 2 unspecified atom stereocenters. The molecule has 0 bridgehead atoms. The van der Waals surface area contributed by atoms with Gasteiger partial charge in [0.15, 0.2) is 0 Å². The molecule has 0 aliphatic carbocycles. The molecule has 2 nitrogen and oxygen atoms in total. The van der Waals surface area contributed by atoms with Crippen molar-refractivity contribution < 1.29 is 4.74 Å². The fourth-order valence-electron chi connectivity index (χ4n) is 2.32. The van der Waals surface area contributed by atoms with Gasteiger partial charge < -0.3 is 10.1 Å². The number of hydrogen-bond donors (Lipinski definition) is 1. The Labute approximate surface area is 105 Å².